The number of carbonyl (C=O) groups is 1. The van der Waals surface area contributed by atoms with E-state index < -0.39 is 5.60 Å². The van der Waals surface area contributed by atoms with E-state index in [2.05, 4.69) is 48.5 Å². The Morgan fingerprint density at radius 3 is 2.54 bits per heavy atom. The number of carbonyl (C=O) groups excluding carboxylic acids is 1. The van der Waals surface area contributed by atoms with Gasteiger partial charge < -0.3 is 34.8 Å². The van der Waals surface area contributed by atoms with Crippen LogP contribution in [0.2, 0.25) is 0 Å². The average molecular weight is 656 g/mol. The standard InChI is InChI=1S/C36H49N9O3/c1-25-30(22-40-34-33(25)45(17-18-47-34)35(46)48-36(2,3)4)44-14-9-27-20-38-31(19-28(27)24-44)41-29-5-6-32(39-21-29)43-12-7-26(8-13-43)23-42-15-10-37-11-16-42/h5-6,19-22,26,37H,7-18,23-24H2,1-4H3,(H,38,41). The van der Waals surface area contributed by atoms with Gasteiger partial charge in [0.2, 0.25) is 5.88 Å². The van der Waals surface area contributed by atoms with Gasteiger partial charge in [-0.2, -0.15) is 0 Å². The number of piperazine rings is 1. The molecule has 0 radical (unpaired) electrons. The highest BCUT2D eigenvalue weighted by atomic mass is 16.6. The number of rotatable bonds is 6. The number of hydrogen-bond donors (Lipinski definition) is 2. The van der Waals surface area contributed by atoms with Crippen molar-refractivity contribution in [3.05, 3.63) is 53.5 Å². The zero-order valence-electron chi connectivity index (χ0n) is 28.8. The lowest BCUT2D eigenvalue weighted by Crippen LogP contribution is -2.47. The molecule has 0 atom stereocenters. The average Bonchev–Trinajstić information content (AvgIpc) is 3.08. The van der Waals surface area contributed by atoms with E-state index >= 15 is 0 Å². The van der Waals surface area contributed by atoms with Crippen molar-refractivity contribution < 1.29 is 14.3 Å². The largest absolute Gasteiger partial charge is 0.474 e. The number of anilines is 5. The van der Waals surface area contributed by atoms with Crippen LogP contribution >= 0.6 is 0 Å². The Hall–Kier alpha value is -4.16. The van der Waals surface area contributed by atoms with Gasteiger partial charge in [-0.05, 0) is 82.2 Å². The predicted molar refractivity (Wildman–Crippen MR) is 189 cm³/mol. The molecule has 2 saturated heterocycles. The zero-order chi connectivity index (χ0) is 33.3. The first-order valence-electron chi connectivity index (χ1n) is 17.5. The summed E-state index contributed by atoms with van der Waals surface area (Å²) in [6, 6.07) is 6.36. The van der Waals surface area contributed by atoms with Crippen molar-refractivity contribution in [2.75, 3.05) is 85.5 Å². The van der Waals surface area contributed by atoms with E-state index in [0.717, 1.165) is 73.6 Å². The SMILES string of the molecule is Cc1c(N2CCc3cnc(Nc4ccc(N5CCC(CN6CCNCC6)CC5)nc4)cc3C2)cnc2c1N(C(=O)OC(C)(C)C)CCO2. The normalized spacial score (nSPS) is 19.0. The fourth-order valence-electron chi connectivity index (χ4n) is 7.26. The zero-order valence-corrected chi connectivity index (χ0v) is 28.8. The Balaban J connectivity index is 0.989. The molecule has 0 aliphatic carbocycles. The summed E-state index contributed by atoms with van der Waals surface area (Å²) >= 11 is 0. The van der Waals surface area contributed by atoms with Crippen LogP contribution in [0.3, 0.4) is 0 Å². The summed E-state index contributed by atoms with van der Waals surface area (Å²) in [5.74, 6) is 3.08. The lowest BCUT2D eigenvalue weighted by atomic mass is 9.96. The summed E-state index contributed by atoms with van der Waals surface area (Å²) in [6.07, 6.45) is 8.69. The monoisotopic (exact) mass is 655 g/mol. The minimum atomic E-state index is -0.592. The molecule has 48 heavy (non-hydrogen) atoms. The summed E-state index contributed by atoms with van der Waals surface area (Å²) in [5.41, 5.74) is 5.41. The van der Waals surface area contributed by atoms with E-state index in [-0.39, 0.29) is 6.09 Å². The van der Waals surface area contributed by atoms with Gasteiger partial charge in [-0.15, -0.1) is 0 Å². The molecule has 0 saturated carbocycles. The third-order valence-electron chi connectivity index (χ3n) is 9.80. The van der Waals surface area contributed by atoms with Crippen LogP contribution in [0.15, 0.2) is 36.8 Å². The second-order valence-corrected chi connectivity index (χ2v) is 14.4. The molecule has 256 valence electrons. The molecule has 2 fully saturated rings. The first kappa shape index (κ1) is 32.4. The molecule has 0 unspecified atom stereocenters. The third-order valence-corrected chi connectivity index (χ3v) is 9.80. The van der Waals surface area contributed by atoms with Gasteiger partial charge in [0.15, 0.2) is 0 Å². The highest BCUT2D eigenvalue weighted by molar-refractivity contribution is 5.92. The molecule has 1 amide bonds. The number of pyridine rings is 3. The number of nitrogens with one attached hydrogen (secondary N) is 2. The molecular formula is C36H49N9O3. The smallest absolute Gasteiger partial charge is 0.415 e. The molecule has 3 aromatic rings. The van der Waals surface area contributed by atoms with Gasteiger partial charge in [-0.25, -0.2) is 19.7 Å². The van der Waals surface area contributed by atoms with E-state index in [1.807, 2.05) is 46.3 Å². The maximum atomic E-state index is 13.1. The Morgan fingerprint density at radius 2 is 1.79 bits per heavy atom. The van der Waals surface area contributed by atoms with Crippen molar-refractivity contribution in [2.45, 2.75) is 59.1 Å². The number of fused-ring (bicyclic) bond motifs is 2. The Morgan fingerprint density at radius 1 is 0.979 bits per heavy atom. The van der Waals surface area contributed by atoms with E-state index in [1.54, 1.807) is 4.90 Å². The van der Waals surface area contributed by atoms with Crippen molar-refractivity contribution >= 4 is 34.8 Å². The van der Waals surface area contributed by atoms with Crippen molar-refractivity contribution in [3.8, 4) is 5.88 Å². The molecule has 4 aliphatic rings. The Labute approximate surface area is 283 Å². The van der Waals surface area contributed by atoms with Gasteiger partial charge in [-0.1, -0.05) is 0 Å². The summed E-state index contributed by atoms with van der Waals surface area (Å²) in [5, 5.41) is 6.92. The topological polar surface area (TPSA) is 111 Å². The van der Waals surface area contributed by atoms with E-state index in [4.69, 9.17) is 19.4 Å². The van der Waals surface area contributed by atoms with E-state index in [0.29, 0.717) is 31.3 Å². The van der Waals surface area contributed by atoms with Gasteiger partial charge >= 0.3 is 6.09 Å². The molecule has 0 bridgehead atoms. The van der Waals surface area contributed by atoms with E-state index in [1.165, 1.54) is 43.6 Å². The molecule has 0 aromatic carbocycles. The maximum absolute atomic E-state index is 13.1. The quantitative estimate of drug-likeness (QED) is 0.384. The minimum absolute atomic E-state index is 0.381. The van der Waals surface area contributed by atoms with Crippen molar-refractivity contribution in [1.82, 2.24) is 25.2 Å². The van der Waals surface area contributed by atoms with Gasteiger partial charge in [0.1, 0.15) is 29.5 Å². The molecule has 3 aromatic heterocycles. The van der Waals surface area contributed by atoms with Crippen molar-refractivity contribution in [3.63, 3.8) is 0 Å². The van der Waals surface area contributed by atoms with Crippen LogP contribution in [0.4, 0.5) is 33.5 Å². The molecule has 2 N–H and O–H groups in total. The van der Waals surface area contributed by atoms with Crippen LogP contribution < -0.4 is 30.1 Å². The number of amides is 1. The van der Waals surface area contributed by atoms with Crippen LogP contribution in [0.1, 0.15) is 50.3 Å². The van der Waals surface area contributed by atoms with Crippen molar-refractivity contribution in [2.24, 2.45) is 5.92 Å². The van der Waals surface area contributed by atoms with Crippen LogP contribution in [0.5, 0.6) is 5.88 Å². The van der Waals surface area contributed by atoms with Crippen molar-refractivity contribution in [1.29, 1.82) is 0 Å². The second kappa shape index (κ2) is 13.8. The maximum Gasteiger partial charge on any atom is 0.415 e. The Bertz CT molecular complexity index is 1600. The first-order valence-corrected chi connectivity index (χ1v) is 17.5. The third kappa shape index (κ3) is 7.29. The molecule has 0 spiro atoms. The van der Waals surface area contributed by atoms with Gasteiger partial charge in [0, 0.05) is 70.7 Å². The fourth-order valence-corrected chi connectivity index (χ4v) is 7.26. The number of ether oxygens (including phenoxy) is 2. The lowest BCUT2D eigenvalue weighted by Gasteiger charge is -2.36. The molecule has 4 aliphatic heterocycles. The summed E-state index contributed by atoms with van der Waals surface area (Å²) in [6.45, 7) is 17.9. The van der Waals surface area contributed by atoms with Gasteiger partial charge in [0.05, 0.1) is 30.3 Å². The predicted octanol–water partition coefficient (Wildman–Crippen LogP) is 4.74. The fraction of sp³-hybridized carbons (Fsp3) is 0.556. The molecule has 7 heterocycles. The number of nitrogens with zero attached hydrogens (tertiary/aromatic N) is 7. The number of hydrogen-bond acceptors (Lipinski definition) is 11. The van der Waals surface area contributed by atoms with Gasteiger partial charge in [0.25, 0.3) is 0 Å². The first-order chi connectivity index (χ1) is 23.2. The van der Waals surface area contributed by atoms with E-state index in [9.17, 15) is 4.79 Å². The molecular weight excluding hydrogens is 606 g/mol. The van der Waals surface area contributed by atoms with Crippen LogP contribution in [0.25, 0.3) is 0 Å². The highest BCUT2D eigenvalue weighted by Crippen LogP contribution is 2.40. The Kier molecular flexibility index (Phi) is 9.28. The summed E-state index contributed by atoms with van der Waals surface area (Å²) in [4.78, 5) is 36.3. The second-order valence-electron chi connectivity index (χ2n) is 14.4. The summed E-state index contributed by atoms with van der Waals surface area (Å²) < 4.78 is 11.6. The molecule has 12 nitrogen and oxygen atoms in total. The van der Waals surface area contributed by atoms with Crippen LogP contribution in [-0.4, -0.2) is 97.1 Å². The van der Waals surface area contributed by atoms with Crippen LogP contribution in [0, 0.1) is 12.8 Å². The number of piperidine rings is 1. The number of aromatic nitrogens is 3. The molecule has 7 rings (SSSR count). The molecule has 12 heteroatoms. The lowest BCUT2D eigenvalue weighted by molar-refractivity contribution is 0.0566. The highest BCUT2D eigenvalue weighted by Gasteiger charge is 2.33. The summed E-state index contributed by atoms with van der Waals surface area (Å²) in [7, 11) is 0. The minimum Gasteiger partial charge on any atom is -0.474 e. The van der Waals surface area contributed by atoms with Gasteiger partial charge in [-0.3, -0.25) is 4.90 Å². The van der Waals surface area contributed by atoms with Crippen LogP contribution in [-0.2, 0) is 17.7 Å².